The van der Waals surface area contributed by atoms with E-state index in [9.17, 15) is 0 Å². The predicted octanol–water partition coefficient (Wildman–Crippen LogP) is 0.262. The highest BCUT2D eigenvalue weighted by atomic mass is 16.7. The summed E-state index contributed by atoms with van der Waals surface area (Å²) >= 11 is 0. The largest absolute Gasteiger partial charge is 0.327 e. The molecular weight excluding hydrogens is 128 g/mol. The molecule has 0 aliphatic carbocycles. The van der Waals surface area contributed by atoms with Crippen LogP contribution in [0.15, 0.2) is 23.9 Å². The molecule has 0 aromatic carbocycles. The first-order valence-electron chi connectivity index (χ1n) is 3.25. The van der Waals surface area contributed by atoms with Crippen molar-refractivity contribution in [3.05, 3.63) is 23.9 Å². The lowest BCUT2D eigenvalue weighted by molar-refractivity contribution is -0.0793. The van der Waals surface area contributed by atoms with Gasteiger partial charge in [0.2, 0.25) is 0 Å². The summed E-state index contributed by atoms with van der Waals surface area (Å²) in [6.45, 7) is 1.40. The highest BCUT2D eigenvalue weighted by molar-refractivity contribution is 5.22. The van der Waals surface area contributed by atoms with Gasteiger partial charge < -0.3 is 5.73 Å². The average Bonchev–Trinajstić information content (AvgIpc) is 2.05. The second-order valence-corrected chi connectivity index (χ2v) is 2.08. The predicted molar refractivity (Wildman–Crippen MR) is 40.0 cm³/mol. The summed E-state index contributed by atoms with van der Waals surface area (Å²) in [5, 5.41) is 1.74. The molecule has 2 N–H and O–H groups in total. The van der Waals surface area contributed by atoms with Gasteiger partial charge in [0, 0.05) is 12.7 Å². The quantitative estimate of drug-likeness (QED) is 0.598. The van der Waals surface area contributed by atoms with Crippen molar-refractivity contribution >= 4 is 0 Å². The summed E-state index contributed by atoms with van der Waals surface area (Å²) in [7, 11) is 1.64. The minimum atomic E-state index is 0.605. The zero-order chi connectivity index (χ0) is 7.40. The molecule has 1 aliphatic heterocycles. The van der Waals surface area contributed by atoms with Crippen molar-refractivity contribution in [3.63, 3.8) is 0 Å². The molecule has 1 aliphatic rings. The minimum Gasteiger partial charge on any atom is -0.327 e. The molecule has 0 radical (unpaired) electrons. The first-order chi connectivity index (χ1) is 4.86. The third-order valence-corrected chi connectivity index (χ3v) is 1.46. The molecule has 0 unspecified atom stereocenters. The van der Waals surface area contributed by atoms with Crippen molar-refractivity contribution in [1.82, 2.24) is 5.06 Å². The normalized spacial score (nSPS) is 17.4. The van der Waals surface area contributed by atoms with Crippen LogP contribution in [0.3, 0.4) is 0 Å². The highest BCUT2D eigenvalue weighted by Crippen LogP contribution is 2.04. The molecule has 56 valence electrons. The van der Waals surface area contributed by atoms with Crippen molar-refractivity contribution < 1.29 is 4.84 Å². The Labute approximate surface area is 60.7 Å². The summed E-state index contributed by atoms with van der Waals surface area (Å²) in [4.78, 5) is 4.95. The van der Waals surface area contributed by atoms with Crippen molar-refractivity contribution in [3.8, 4) is 0 Å². The van der Waals surface area contributed by atoms with Crippen LogP contribution in [0.25, 0.3) is 0 Å². The molecule has 0 bridgehead atoms. The summed E-state index contributed by atoms with van der Waals surface area (Å²) in [6, 6.07) is 0. The Bertz CT molecular complexity index is 163. The van der Waals surface area contributed by atoms with Gasteiger partial charge in [-0.2, -0.15) is 0 Å². The van der Waals surface area contributed by atoms with Crippen LogP contribution in [0.5, 0.6) is 0 Å². The van der Waals surface area contributed by atoms with Crippen LogP contribution in [-0.4, -0.2) is 25.3 Å². The monoisotopic (exact) mass is 140 g/mol. The second-order valence-electron chi connectivity index (χ2n) is 2.08. The lowest BCUT2D eigenvalue weighted by Gasteiger charge is -2.18. The Kier molecular flexibility index (Phi) is 2.48. The maximum Gasteiger partial charge on any atom is 0.0638 e. The van der Waals surface area contributed by atoms with Crippen LogP contribution in [0, 0.1) is 0 Å². The Hall–Kier alpha value is -0.800. The number of nitrogens with zero attached hydrogens (tertiary/aromatic N) is 1. The molecule has 10 heavy (non-hydrogen) atoms. The van der Waals surface area contributed by atoms with Crippen LogP contribution >= 0.6 is 0 Å². The Morgan fingerprint density at radius 2 is 2.60 bits per heavy atom. The van der Waals surface area contributed by atoms with Crippen LogP contribution in [0.1, 0.15) is 0 Å². The first-order valence-corrected chi connectivity index (χ1v) is 3.25. The number of nitrogens with two attached hydrogens (primary N) is 1. The highest BCUT2D eigenvalue weighted by Gasteiger charge is 2.00. The van der Waals surface area contributed by atoms with Crippen LogP contribution < -0.4 is 5.73 Å². The lowest BCUT2D eigenvalue weighted by atomic mass is 10.2. The zero-order valence-electron chi connectivity index (χ0n) is 6.08. The van der Waals surface area contributed by atoms with Gasteiger partial charge in [-0.3, -0.25) is 9.90 Å². The molecule has 0 saturated heterocycles. The summed E-state index contributed by atoms with van der Waals surface area (Å²) < 4.78 is 0. The number of hydrogen-bond acceptors (Lipinski definition) is 3. The molecule has 0 spiro atoms. The van der Waals surface area contributed by atoms with Gasteiger partial charge in [0.25, 0.3) is 0 Å². The molecule has 1 rings (SSSR count). The van der Waals surface area contributed by atoms with Gasteiger partial charge in [-0.15, -0.1) is 0 Å². The van der Waals surface area contributed by atoms with E-state index in [4.69, 9.17) is 10.6 Å². The Morgan fingerprint density at radius 1 is 1.80 bits per heavy atom. The molecule has 3 nitrogen and oxygen atoms in total. The molecule has 3 heteroatoms. The Balaban J connectivity index is 2.46. The Morgan fingerprint density at radius 3 is 3.00 bits per heavy atom. The van der Waals surface area contributed by atoms with E-state index in [-0.39, 0.29) is 0 Å². The molecular formula is C7H12N2O. The van der Waals surface area contributed by atoms with Gasteiger partial charge in [-0.05, 0) is 11.6 Å². The fourth-order valence-electron chi connectivity index (χ4n) is 0.802. The van der Waals surface area contributed by atoms with E-state index in [1.807, 2.05) is 18.4 Å². The van der Waals surface area contributed by atoms with Gasteiger partial charge in [-0.25, -0.2) is 0 Å². The van der Waals surface area contributed by atoms with Crippen LogP contribution in [-0.2, 0) is 4.84 Å². The van der Waals surface area contributed by atoms with Crippen LogP contribution in [0.4, 0.5) is 0 Å². The molecule has 0 atom stereocenters. The van der Waals surface area contributed by atoms with E-state index in [0.717, 1.165) is 12.1 Å². The van der Waals surface area contributed by atoms with E-state index in [0.29, 0.717) is 6.54 Å². The standard InChI is InChI=1S/C7H12N2O/c1-10-9-4-2-7(6-8)3-5-9/h2-4H,5-6,8H2,1H3. The lowest BCUT2D eigenvalue weighted by Crippen LogP contribution is -2.19. The van der Waals surface area contributed by atoms with Gasteiger partial charge in [0.1, 0.15) is 0 Å². The van der Waals surface area contributed by atoms with E-state index >= 15 is 0 Å². The third kappa shape index (κ3) is 1.59. The van der Waals surface area contributed by atoms with Gasteiger partial charge in [-0.1, -0.05) is 6.08 Å². The molecule has 0 saturated carbocycles. The average molecular weight is 140 g/mol. The topological polar surface area (TPSA) is 38.5 Å². The first kappa shape index (κ1) is 7.31. The van der Waals surface area contributed by atoms with E-state index in [2.05, 4.69) is 0 Å². The summed E-state index contributed by atoms with van der Waals surface area (Å²) in [5.74, 6) is 0. The fraction of sp³-hybridized carbons (Fsp3) is 0.429. The van der Waals surface area contributed by atoms with Crippen LogP contribution in [0.2, 0.25) is 0 Å². The maximum absolute atomic E-state index is 5.41. The molecule has 1 heterocycles. The summed E-state index contributed by atoms with van der Waals surface area (Å²) in [5.41, 5.74) is 6.57. The minimum absolute atomic E-state index is 0.605. The number of hydroxylamine groups is 2. The van der Waals surface area contributed by atoms with E-state index < -0.39 is 0 Å². The fourth-order valence-corrected chi connectivity index (χ4v) is 0.802. The smallest absolute Gasteiger partial charge is 0.0638 e. The van der Waals surface area contributed by atoms with Gasteiger partial charge in [0.15, 0.2) is 0 Å². The van der Waals surface area contributed by atoms with Crippen molar-refractivity contribution in [2.24, 2.45) is 5.73 Å². The molecule has 0 fully saturated rings. The SMILES string of the molecule is CON1C=CC(CN)=CC1. The molecule has 0 aromatic rings. The number of rotatable bonds is 2. The number of hydrogen-bond donors (Lipinski definition) is 1. The molecule has 0 aromatic heterocycles. The van der Waals surface area contributed by atoms with Crippen molar-refractivity contribution in [2.75, 3.05) is 20.2 Å². The van der Waals surface area contributed by atoms with E-state index in [1.165, 1.54) is 0 Å². The summed E-state index contributed by atoms with van der Waals surface area (Å²) in [6.07, 6.45) is 5.87. The van der Waals surface area contributed by atoms with Crippen molar-refractivity contribution in [2.45, 2.75) is 0 Å². The third-order valence-electron chi connectivity index (χ3n) is 1.46. The molecule has 0 amide bonds. The van der Waals surface area contributed by atoms with Crippen molar-refractivity contribution in [1.29, 1.82) is 0 Å². The van der Waals surface area contributed by atoms with Gasteiger partial charge >= 0.3 is 0 Å². The zero-order valence-corrected chi connectivity index (χ0v) is 6.08. The second kappa shape index (κ2) is 3.39. The van der Waals surface area contributed by atoms with E-state index in [1.54, 1.807) is 12.2 Å². The van der Waals surface area contributed by atoms with Gasteiger partial charge in [0.05, 0.1) is 13.7 Å². The maximum atomic E-state index is 5.41.